The first-order chi connectivity index (χ1) is 18.9. The largest absolute Gasteiger partial charge is 0.478 e. The van der Waals surface area contributed by atoms with Gasteiger partial charge in [-0.1, -0.05) is 119 Å². The number of carbonyl (C=O) groups is 2. The van der Waals surface area contributed by atoms with Gasteiger partial charge in [-0.05, 0) is 72.6 Å². The average Bonchev–Trinajstić information content (AvgIpc) is 2.92. The molecule has 4 heteroatoms. The number of hydrogen-bond acceptors (Lipinski definition) is 2. The second kappa shape index (κ2) is 15.9. The highest BCUT2D eigenvalue weighted by atomic mass is 16.4. The van der Waals surface area contributed by atoms with Crippen LogP contribution in [0.25, 0.3) is 0 Å². The van der Waals surface area contributed by atoms with Crippen LogP contribution < -0.4 is 0 Å². The third-order valence-corrected chi connectivity index (χ3v) is 7.54. The van der Waals surface area contributed by atoms with Gasteiger partial charge in [-0.2, -0.15) is 0 Å². The van der Waals surface area contributed by atoms with E-state index in [1.807, 2.05) is 43.3 Å². The van der Waals surface area contributed by atoms with Crippen LogP contribution in [0.2, 0.25) is 0 Å². The van der Waals surface area contributed by atoms with E-state index in [9.17, 15) is 19.8 Å². The van der Waals surface area contributed by atoms with Crippen LogP contribution in [-0.2, 0) is 19.3 Å². The Morgan fingerprint density at radius 1 is 0.564 bits per heavy atom. The molecule has 0 fully saturated rings. The van der Waals surface area contributed by atoms with Crippen LogP contribution in [0, 0.1) is 6.92 Å². The lowest BCUT2D eigenvalue weighted by Crippen LogP contribution is -2.11. The quantitative estimate of drug-likeness (QED) is 0.171. The molecule has 0 atom stereocenters. The molecule has 0 amide bonds. The van der Waals surface area contributed by atoms with Crippen molar-refractivity contribution < 1.29 is 19.8 Å². The fourth-order valence-corrected chi connectivity index (χ4v) is 5.17. The van der Waals surface area contributed by atoms with Crippen LogP contribution in [-0.4, -0.2) is 22.2 Å². The van der Waals surface area contributed by atoms with Gasteiger partial charge in [0.2, 0.25) is 0 Å². The number of hydrogen-bond donors (Lipinski definition) is 2. The lowest BCUT2D eigenvalue weighted by molar-refractivity contribution is 0.0679. The number of aryl methyl sites for hydroxylation is 2. The minimum atomic E-state index is -1.04. The lowest BCUT2D eigenvalue weighted by atomic mass is 9.91. The van der Waals surface area contributed by atoms with Crippen molar-refractivity contribution in [2.45, 2.75) is 97.3 Å². The standard InChI is InChI=1S/C35H44O4/c1-3-4-5-6-7-8-9-10-11-12-13-27-18-20-29(21-19-27)23-31-25-32(34(36)37)30(24-33(31)35(38)39)22-28-16-14-26(2)15-17-28/h14-21,24-25H,3-13,22-23H2,1-2H3,(H,36,37)(H,38,39). The summed E-state index contributed by atoms with van der Waals surface area (Å²) in [6, 6.07) is 19.3. The zero-order valence-electron chi connectivity index (χ0n) is 23.7. The van der Waals surface area contributed by atoms with Crippen molar-refractivity contribution in [3.63, 3.8) is 0 Å². The molecule has 0 saturated heterocycles. The molecule has 3 aromatic carbocycles. The van der Waals surface area contributed by atoms with Gasteiger partial charge in [0, 0.05) is 0 Å². The topological polar surface area (TPSA) is 74.6 Å². The molecule has 0 aliphatic heterocycles. The molecule has 39 heavy (non-hydrogen) atoms. The van der Waals surface area contributed by atoms with Crippen molar-refractivity contribution in [1.29, 1.82) is 0 Å². The fraction of sp³-hybridized carbons (Fsp3) is 0.429. The van der Waals surface area contributed by atoms with Crippen molar-refractivity contribution in [3.8, 4) is 0 Å². The van der Waals surface area contributed by atoms with Gasteiger partial charge in [-0.25, -0.2) is 9.59 Å². The average molecular weight is 529 g/mol. The van der Waals surface area contributed by atoms with Crippen LogP contribution in [0.1, 0.15) is 125 Å². The van der Waals surface area contributed by atoms with Crippen molar-refractivity contribution in [2.75, 3.05) is 0 Å². The molecule has 0 aromatic heterocycles. The summed E-state index contributed by atoms with van der Waals surface area (Å²) in [5, 5.41) is 19.8. The van der Waals surface area contributed by atoms with E-state index < -0.39 is 11.9 Å². The van der Waals surface area contributed by atoms with Gasteiger partial charge in [-0.15, -0.1) is 0 Å². The van der Waals surface area contributed by atoms with Crippen LogP contribution in [0.3, 0.4) is 0 Å². The molecule has 0 aliphatic carbocycles. The van der Waals surface area contributed by atoms with Gasteiger partial charge in [0.25, 0.3) is 0 Å². The highest BCUT2D eigenvalue weighted by Crippen LogP contribution is 2.24. The molecule has 0 aliphatic rings. The molecule has 2 N–H and O–H groups in total. The molecular weight excluding hydrogens is 484 g/mol. The summed E-state index contributed by atoms with van der Waals surface area (Å²) in [5.74, 6) is -2.08. The van der Waals surface area contributed by atoms with Crippen LogP contribution in [0.5, 0.6) is 0 Å². The Hall–Kier alpha value is -3.40. The summed E-state index contributed by atoms with van der Waals surface area (Å²) in [5.41, 5.74) is 5.70. The summed E-state index contributed by atoms with van der Waals surface area (Å²) in [6.45, 7) is 4.25. The number of rotatable bonds is 17. The predicted molar refractivity (Wildman–Crippen MR) is 159 cm³/mol. The van der Waals surface area contributed by atoms with Crippen LogP contribution in [0.15, 0.2) is 60.7 Å². The Morgan fingerprint density at radius 2 is 0.949 bits per heavy atom. The second-order valence-corrected chi connectivity index (χ2v) is 10.9. The SMILES string of the molecule is CCCCCCCCCCCCc1ccc(Cc2cc(C(=O)O)c(Cc3ccc(C)cc3)cc2C(=O)O)cc1. The zero-order valence-corrected chi connectivity index (χ0v) is 23.7. The van der Waals surface area contributed by atoms with E-state index in [0.29, 0.717) is 24.0 Å². The van der Waals surface area contributed by atoms with Crippen molar-refractivity contribution in [2.24, 2.45) is 0 Å². The van der Waals surface area contributed by atoms with Crippen LogP contribution in [0.4, 0.5) is 0 Å². The number of benzene rings is 3. The highest BCUT2D eigenvalue weighted by molar-refractivity contribution is 5.95. The normalized spacial score (nSPS) is 11.0. The Labute approximate surface area is 234 Å². The number of unbranched alkanes of at least 4 members (excludes halogenated alkanes) is 9. The number of aromatic carboxylic acids is 2. The Morgan fingerprint density at radius 3 is 1.38 bits per heavy atom. The fourth-order valence-electron chi connectivity index (χ4n) is 5.17. The minimum Gasteiger partial charge on any atom is -0.478 e. The van der Waals surface area contributed by atoms with E-state index in [-0.39, 0.29) is 11.1 Å². The minimum absolute atomic E-state index is 0.160. The van der Waals surface area contributed by atoms with Crippen molar-refractivity contribution in [1.82, 2.24) is 0 Å². The zero-order chi connectivity index (χ0) is 28.0. The van der Waals surface area contributed by atoms with Gasteiger partial charge in [0.15, 0.2) is 0 Å². The van der Waals surface area contributed by atoms with Gasteiger partial charge in [0.1, 0.15) is 0 Å². The van der Waals surface area contributed by atoms with Gasteiger partial charge < -0.3 is 10.2 Å². The molecule has 3 rings (SSSR count). The summed E-state index contributed by atoms with van der Waals surface area (Å²) in [6.07, 6.45) is 15.0. The molecule has 208 valence electrons. The van der Waals surface area contributed by atoms with E-state index >= 15 is 0 Å². The molecule has 3 aromatic rings. The van der Waals surface area contributed by atoms with E-state index in [2.05, 4.69) is 19.1 Å². The lowest BCUT2D eigenvalue weighted by Gasteiger charge is -2.14. The van der Waals surface area contributed by atoms with E-state index in [1.165, 1.54) is 69.8 Å². The third kappa shape index (κ3) is 10.0. The van der Waals surface area contributed by atoms with E-state index in [4.69, 9.17) is 0 Å². The molecule has 0 saturated carbocycles. The molecule has 0 unspecified atom stereocenters. The monoisotopic (exact) mass is 528 g/mol. The van der Waals surface area contributed by atoms with E-state index in [1.54, 1.807) is 12.1 Å². The molecule has 0 bridgehead atoms. The maximum atomic E-state index is 12.1. The highest BCUT2D eigenvalue weighted by Gasteiger charge is 2.19. The maximum absolute atomic E-state index is 12.1. The van der Waals surface area contributed by atoms with Gasteiger partial charge in [-0.3, -0.25) is 0 Å². The summed E-state index contributed by atoms with van der Waals surface area (Å²) >= 11 is 0. The van der Waals surface area contributed by atoms with Crippen LogP contribution >= 0.6 is 0 Å². The Kier molecular flexibility index (Phi) is 12.3. The second-order valence-electron chi connectivity index (χ2n) is 10.9. The summed E-state index contributed by atoms with van der Waals surface area (Å²) in [4.78, 5) is 24.2. The van der Waals surface area contributed by atoms with Crippen molar-refractivity contribution >= 4 is 11.9 Å². The predicted octanol–water partition coefficient (Wildman–Crippen LogP) is 9.04. The van der Waals surface area contributed by atoms with E-state index in [0.717, 1.165) is 23.1 Å². The Balaban J connectivity index is 1.58. The summed E-state index contributed by atoms with van der Waals surface area (Å²) < 4.78 is 0. The molecule has 0 spiro atoms. The number of carboxylic acids is 2. The first-order valence-electron chi connectivity index (χ1n) is 14.6. The van der Waals surface area contributed by atoms with Gasteiger partial charge in [0.05, 0.1) is 11.1 Å². The van der Waals surface area contributed by atoms with Crippen molar-refractivity contribution in [3.05, 3.63) is 105 Å². The first kappa shape index (κ1) is 30.1. The number of carboxylic acid groups (broad SMARTS) is 2. The summed E-state index contributed by atoms with van der Waals surface area (Å²) in [7, 11) is 0. The first-order valence-corrected chi connectivity index (χ1v) is 14.6. The smallest absolute Gasteiger partial charge is 0.335 e. The molecule has 0 heterocycles. The third-order valence-electron chi connectivity index (χ3n) is 7.54. The molecular formula is C35H44O4. The molecule has 0 radical (unpaired) electrons. The molecule has 4 nitrogen and oxygen atoms in total. The van der Waals surface area contributed by atoms with Gasteiger partial charge >= 0.3 is 11.9 Å². The Bertz CT molecular complexity index is 1190. The maximum Gasteiger partial charge on any atom is 0.335 e.